The van der Waals surface area contributed by atoms with Crippen LogP contribution in [0.1, 0.15) is 201 Å². The molecule has 0 aliphatic carbocycles. The van der Waals surface area contributed by atoms with Gasteiger partial charge in [0.05, 0.1) is 125 Å². The van der Waals surface area contributed by atoms with Gasteiger partial charge in [0.25, 0.3) is 0 Å². The van der Waals surface area contributed by atoms with Crippen molar-refractivity contribution in [3.8, 4) is 206 Å². The minimum atomic E-state index is -0.794. The van der Waals surface area contributed by atoms with Gasteiger partial charge in [-0.2, -0.15) is 0 Å². The summed E-state index contributed by atoms with van der Waals surface area (Å²) in [4.78, 5) is 40.5. The molecule has 17 N–H and O–H groups in total. The number of aliphatic hydroxyl groups is 7. The number of benzene rings is 9. The lowest BCUT2D eigenvalue weighted by molar-refractivity contribution is 0.118. The first-order valence-electron chi connectivity index (χ1n) is 49.9. The Kier molecular flexibility index (Phi) is 66.2. The summed E-state index contributed by atoms with van der Waals surface area (Å²) in [7, 11) is 1.48. The second kappa shape index (κ2) is 73.2. The number of aromatic nitrogens is 9. The summed E-state index contributed by atoms with van der Waals surface area (Å²) in [5.74, 6) is 1.40. The van der Waals surface area contributed by atoms with Gasteiger partial charge in [0, 0.05) is 54.6 Å². The van der Waals surface area contributed by atoms with Crippen molar-refractivity contribution in [2.45, 2.75) is 256 Å². The molecule has 9 atom stereocenters. The smallest absolute Gasteiger partial charge is 0.167 e. The van der Waals surface area contributed by atoms with Crippen molar-refractivity contribution in [2.24, 2.45) is 0 Å². The van der Waals surface area contributed by atoms with Crippen LogP contribution < -0.4 is 37.9 Å². The topological polar surface area (TPSA) is 559 Å². The van der Waals surface area contributed by atoms with E-state index in [4.69, 9.17) is 47.4 Å². The highest BCUT2D eigenvalue weighted by Crippen LogP contribution is 2.44. The molecule has 0 amide bonds. The van der Waals surface area contributed by atoms with Crippen LogP contribution in [0.15, 0.2) is 164 Å². The number of phenols is 10. The van der Waals surface area contributed by atoms with Gasteiger partial charge in [0.1, 0.15) is 150 Å². The highest BCUT2D eigenvalue weighted by atomic mass is 16.6. The second-order valence-corrected chi connectivity index (χ2v) is 29.7. The number of hydrogen-bond donors (Lipinski definition) is 17. The fourth-order valence-corrected chi connectivity index (χ4v) is 11.0. The molecule has 36 nitrogen and oxygen atoms in total. The Morgan fingerprint density at radius 2 is 0.367 bits per heavy atom. The molecular weight excluding hydrogens is 1890 g/mol. The van der Waals surface area contributed by atoms with Crippen molar-refractivity contribution in [3.05, 3.63) is 164 Å². The Morgan fingerprint density at radius 1 is 0.224 bits per heavy atom. The standard InChI is InChI=1S/C33H39N3O10.C31H35N3O9.C21H15N3O6.2C3H6O.10C2H6/c1-18(37)14-43-22-5-8-25(28(41)11-22)31-34-32(26-9-6-23(12-29(26)42)44-15-19(2)38)36-33(35-31)27-10-7-24(45-16-20(3)39)13-30(27)46-17-21(4)40;1-17(35)14-41-20-5-8-23(26(38)11-20)29-32-30(24-9-6-21(12-27(24)39)42-15-18(2)36)34-31(33-29)25-10-7-22(13-28(25)40-4)43-16-19(3)37;25-10-1-4-13(16(28)7-10)19-22-20(14-5-2-11(26)8-17(14)29)24-21(23-19)15-6-3-12(27)9-18(15)30;2*1-3-2-4-3;10*1-2/h5-13,18-21,37-42H,14-17H2,1-4H3;5-13,17-19,35-39H,14-16H2,1-4H3;1-9,25-30H;2*3H,2H2,1H3;10*1-2H3. The normalized spacial score (nSPS) is 13.0. The number of phenolic OH excluding ortho intramolecular Hbond substituents is 10. The minimum absolute atomic E-state index is 0.00690. The average molecular weight is 2050 g/mol. The molecule has 2 aliphatic heterocycles. The highest BCUT2D eigenvalue weighted by molar-refractivity contribution is 5.79. The molecule has 2 aliphatic rings. The summed E-state index contributed by atoms with van der Waals surface area (Å²) in [6.45, 7) is 57.4. The van der Waals surface area contributed by atoms with Crippen LogP contribution in [0.3, 0.4) is 0 Å². The number of aromatic hydroxyl groups is 10. The lowest BCUT2D eigenvalue weighted by Gasteiger charge is -2.16. The van der Waals surface area contributed by atoms with Crippen LogP contribution in [0.2, 0.25) is 0 Å². The average Bonchev–Trinajstić information content (AvgIpc) is 1.68. The van der Waals surface area contributed by atoms with E-state index in [1.807, 2.05) is 138 Å². The third-order valence-electron chi connectivity index (χ3n) is 17.4. The molecule has 12 aromatic rings. The number of ether oxygens (including phenoxy) is 10. The van der Waals surface area contributed by atoms with Gasteiger partial charge in [-0.15, -0.1) is 0 Å². The lowest BCUT2D eigenvalue weighted by atomic mass is 10.1. The fourth-order valence-electron chi connectivity index (χ4n) is 11.0. The van der Waals surface area contributed by atoms with Crippen LogP contribution in [-0.2, 0) is 9.47 Å². The number of epoxide rings is 2. The van der Waals surface area contributed by atoms with E-state index in [2.05, 4.69) is 58.7 Å². The predicted molar refractivity (Wildman–Crippen MR) is 576 cm³/mol. The summed E-state index contributed by atoms with van der Waals surface area (Å²) in [5, 5.41) is 170. The molecule has 14 rings (SSSR count). The molecule has 2 saturated heterocycles. The lowest BCUT2D eigenvalue weighted by Crippen LogP contribution is -2.14. The number of methoxy groups -OCH3 is 1. The zero-order valence-corrected chi connectivity index (χ0v) is 90.9. The van der Waals surface area contributed by atoms with E-state index in [1.165, 1.54) is 67.8 Å². The summed E-state index contributed by atoms with van der Waals surface area (Å²) in [6, 6.07) is 39.7. The highest BCUT2D eigenvalue weighted by Gasteiger charge is 2.26. The SMILES string of the molecule is CC.CC.CC.CC.CC.CC.CC.CC.CC.CC.CC(O)COc1ccc(-c2nc(-c3ccc(OCC(C)O)cc3O)nc(-c3ccc(OCC(C)O)cc3OCC(C)O)n2)c(O)c1.CC1CO1.CC1CO1.COc1cc(OCC(C)O)ccc1-c1nc(-c2ccc(OCC(C)O)cc2O)nc(-c2ccc(OCC(C)O)cc2O)n1.Oc1ccc(-c2nc(-c3ccc(O)cc3O)nc(-c3ccc(O)cc3O)n2)c(O)c1. The molecular formula is C111H161N9O27. The van der Waals surface area contributed by atoms with Crippen LogP contribution in [-0.4, -0.2) is 253 Å². The quantitative estimate of drug-likeness (QED) is 0.0179. The Morgan fingerprint density at radius 3 is 0.531 bits per heavy atom. The van der Waals surface area contributed by atoms with E-state index in [0.717, 1.165) is 31.4 Å². The molecule has 0 spiro atoms. The van der Waals surface area contributed by atoms with Crippen LogP contribution in [0.4, 0.5) is 0 Å². The Labute approximate surface area is 866 Å². The second-order valence-electron chi connectivity index (χ2n) is 29.7. The van der Waals surface area contributed by atoms with Crippen molar-refractivity contribution >= 4 is 0 Å². The monoisotopic (exact) mass is 2050 g/mol. The maximum Gasteiger partial charge on any atom is 0.167 e. The molecule has 812 valence electrons. The molecule has 9 aromatic carbocycles. The van der Waals surface area contributed by atoms with E-state index in [-0.39, 0.29) is 201 Å². The van der Waals surface area contributed by atoms with Gasteiger partial charge < -0.3 is 134 Å². The fraction of sp³-hybridized carbons (Fsp3) is 0.432. The molecule has 5 heterocycles. The Bertz CT molecular complexity index is 5350. The zero-order chi connectivity index (χ0) is 112. The van der Waals surface area contributed by atoms with Crippen molar-refractivity contribution in [1.29, 1.82) is 0 Å². The van der Waals surface area contributed by atoms with Gasteiger partial charge in [0.15, 0.2) is 52.4 Å². The van der Waals surface area contributed by atoms with E-state index in [1.54, 1.807) is 133 Å². The third-order valence-corrected chi connectivity index (χ3v) is 17.4. The van der Waals surface area contributed by atoms with Crippen LogP contribution in [0.25, 0.3) is 102 Å². The number of aliphatic hydroxyl groups excluding tert-OH is 7. The third kappa shape index (κ3) is 47.0. The van der Waals surface area contributed by atoms with E-state index < -0.39 is 42.7 Å². The number of rotatable bonds is 31. The Balaban J connectivity index is 0.00000195. The van der Waals surface area contributed by atoms with Gasteiger partial charge in [-0.25, -0.2) is 44.9 Å². The molecule has 9 unspecified atom stereocenters. The molecule has 0 bridgehead atoms. The van der Waals surface area contributed by atoms with Gasteiger partial charge in [0.2, 0.25) is 0 Å². The van der Waals surface area contributed by atoms with Crippen molar-refractivity contribution < 1.29 is 134 Å². The van der Waals surface area contributed by atoms with Crippen LogP contribution in [0.5, 0.6) is 103 Å². The van der Waals surface area contributed by atoms with Crippen LogP contribution in [0, 0.1) is 0 Å². The minimum Gasteiger partial charge on any atom is -0.508 e. The van der Waals surface area contributed by atoms with E-state index in [9.17, 15) is 86.8 Å². The summed E-state index contributed by atoms with van der Waals surface area (Å²) >= 11 is 0. The maximum absolute atomic E-state index is 10.9. The number of hydrogen-bond acceptors (Lipinski definition) is 36. The zero-order valence-electron chi connectivity index (χ0n) is 90.9. The largest absolute Gasteiger partial charge is 0.508 e. The van der Waals surface area contributed by atoms with E-state index in [0.29, 0.717) is 63.6 Å². The first kappa shape index (κ1) is 133. The van der Waals surface area contributed by atoms with Gasteiger partial charge >= 0.3 is 0 Å². The van der Waals surface area contributed by atoms with Crippen molar-refractivity contribution in [1.82, 2.24) is 44.9 Å². The summed E-state index contributed by atoms with van der Waals surface area (Å²) in [6.07, 6.45) is -3.79. The Hall–Kier alpha value is -14.0. The summed E-state index contributed by atoms with van der Waals surface area (Å²) < 4.78 is 54.2. The maximum atomic E-state index is 10.9. The summed E-state index contributed by atoms with van der Waals surface area (Å²) in [5.41, 5.74) is 2.39. The van der Waals surface area contributed by atoms with Gasteiger partial charge in [-0.1, -0.05) is 138 Å². The predicted octanol–water partition coefficient (Wildman–Crippen LogP) is 21.1. The molecule has 0 radical (unpaired) electrons. The van der Waals surface area contributed by atoms with E-state index >= 15 is 0 Å². The first-order valence-corrected chi connectivity index (χ1v) is 49.9. The van der Waals surface area contributed by atoms with Crippen molar-refractivity contribution in [3.63, 3.8) is 0 Å². The van der Waals surface area contributed by atoms with Crippen molar-refractivity contribution in [2.75, 3.05) is 66.6 Å². The number of nitrogens with zero attached hydrogens (tertiary/aromatic N) is 9. The molecule has 3 aromatic heterocycles. The molecule has 2 fully saturated rings. The molecule has 0 saturated carbocycles. The molecule has 147 heavy (non-hydrogen) atoms. The molecule has 36 heteroatoms. The first-order chi connectivity index (χ1) is 70.5. The van der Waals surface area contributed by atoms with Gasteiger partial charge in [-0.05, 0) is 172 Å². The van der Waals surface area contributed by atoms with Crippen LogP contribution >= 0.6 is 0 Å². The van der Waals surface area contributed by atoms with Gasteiger partial charge in [-0.3, -0.25) is 0 Å².